The number of hydrogen-bond donors (Lipinski definition) is 1. The van der Waals surface area contributed by atoms with Crippen LogP contribution in [0.5, 0.6) is 0 Å². The van der Waals surface area contributed by atoms with Crippen LogP contribution in [0.4, 0.5) is 0 Å². The summed E-state index contributed by atoms with van der Waals surface area (Å²) in [4.78, 5) is 16.4. The zero-order valence-corrected chi connectivity index (χ0v) is 13.5. The average Bonchev–Trinajstić information content (AvgIpc) is 2.89. The molecule has 0 spiro atoms. The van der Waals surface area contributed by atoms with Crippen molar-refractivity contribution in [2.75, 3.05) is 45.9 Å². The van der Waals surface area contributed by atoms with E-state index in [1.165, 1.54) is 5.56 Å². The molecule has 5 nitrogen and oxygen atoms in total. The molecule has 1 amide bonds. The normalized spacial score (nSPS) is 25.8. The summed E-state index contributed by atoms with van der Waals surface area (Å²) in [6, 6.07) is 10.5. The minimum Gasteiger partial charge on any atom is -0.378 e. The van der Waals surface area contributed by atoms with Crippen molar-refractivity contribution in [2.24, 2.45) is 5.73 Å². The largest absolute Gasteiger partial charge is 0.378 e. The third kappa shape index (κ3) is 3.98. The average molecular weight is 326 g/mol. The SMILES string of the molecule is Cl.N[C@@H]1CN(CC(=O)N2CCOCC2)C[C@H]1c1ccccc1. The second-order valence-electron chi connectivity index (χ2n) is 5.87. The zero-order chi connectivity index (χ0) is 14.7. The van der Waals surface area contributed by atoms with E-state index in [1.54, 1.807) is 0 Å². The monoisotopic (exact) mass is 325 g/mol. The molecule has 0 saturated carbocycles. The lowest BCUT2D eigenvalue weighted by molar-refractivity contribution is -0.136. The maximum atomic E-state index is 12.3. The summed E-state index contributed by atoms with van der Waals surface area (Å²) in [5.41, 5.74) is 7.54. The molecule has 22 heavy (non-hydrogen) atoms. The fourth-order valence-electron chi connectivity index (χ4n) is 3.20. The van der Waals surface area contributed by atoms with Gasteiger partial charge in [-0.1, -0.05) is 30.3 Å². The van der Waals surface area contributed by atoms with Gasteiger partial charge in [0, 0.05) is 38.1 Å². The van der Waals surface area contributed by atoms with Gasteiger partial charge in [-0.25, -0.2) is 0 Å². The second kappa shape index (κ2) is 7.92. The fourth-order valence-corrected chi connectivity index (χ4v) is 3.20. The van der Waals surface area contributed by atoms with Crippen molar-refractivity contribution >= 4 is 18.3 Å². The van der Waals surface area contributed by atoms with E-state index < -0.39 is 0 Å². The van der Waals surface area contributed by atoms with Crippen LogP contribution in [-0.4, -0.2) is 67.7 Å². The highest BCUT2D eigenvalue weighted by Gasteiger charge is 2.32. The second-order valence-corrected chi connectivity index (χ2v) is 5.87. The predicted molar refractivity (Wildman–Crippen MR) is 88.2 cm³/mol. The van der Waals surface area contributed by atoms with E-state index in [0.29, 0.717) is 38.8 Å². The molecule has 2 aliphatic rings. The summed E-state index contributed by atoms with van der Waals surface area (Å²) >= 11 is 0. The summed E-state index contributed by atoms with van der Waals surface area (Å²) < 4.78 is 5.28. The number of nitrogens with two attached hydrogens (primary N) is 1. The van der Waals surface area contributed by atoms with Crippen LogP contribution >= 0.6 is 12.4 Å². The number of carbonyl (C=O) groups excluding carboxylic acids is 1. The van der Waals surface area contributed by atoms with Gasteiger partial charge < -0.3 is 15.4 Å². The van der Waals surface area contributed by atoms with E-state index >= 15 is 0 Å². The number of carbonyl (C=O) groups is 1. The molecule has 0 aromatic heterocycles. The molecular formula is C16H24ClN3O2. The lowest BCUT2D eigenvalue weighted by Gasteiger charge is -2.28. The lowest BCUT2D eigenvalue weighted by Crippen LogP contribution is -2.45. The summed E-state index contributed by atoms with van der Waals surface area (Å²) in [6.45, 7) is 4.84. The van der Waals surface area contributed by atoms with Crippen molar-refractivity contribution in [3.8, 4) is 0 Å². The van der Waals surface area contributed by atoms with E-state index in [9.17, 15) is 4.79 Å². The predicted octanol–water partition coefficient (Wildman–Crippen LogP) is 0.694. The quantitative estimate of drug-likeness (QED) is 0.888. The third-order valence-electron chi connectivity index (χ3n) is 4.39. The molecule has 3 rings (SSSR count). The maximum absolute atomic E-state index is 12.3. The van der Waals surface area contributed by atoms with Gasteiger partial charge in [0.15, 0.2) is 0 Å². The van der Waals surface area contributed by atoms with Crippen molar-refractivity contribution in [3.63, 3.8) is 0 Å². The third-order valence-corrected chi connectivity index (χ3v) is 4.39. The van der Waals surface area contributed by atoms with Crippen molar-refractivity contribution < 1.29 is 9.53 Å². The highest BCUT2D eigenvalue weighted by atomic mass is 35.5. The van der Waals surface area contributed by atoms with E-state index in [1.807, 2.05) is 23.1 Å². The van der Waals surface area contributed by atoms with Crippen LogP contribution in [0.3, 0.4) is 0 Å². The molecule has 2 fully saturated rings. The van der Waals surface area contributed by atoms with E-state index in [0.717, 1.165) is 13.1 Å². The number of nitrogens with zero attached hydrogens (tertiary/aromatic N) is 2. The molecular weight excluding hydrogens is 302 g/mol. The van der Waals surface area contributed by atoms with Crippen molar-refractivity contribution in [2.45, 2.75) is 12.0 Å². The van der Waals surface area contributed by atoms with Gasteiger partial charge in [0.05, 0.1) is 19.8 Å². The number of rotatable bonds is 3. The number of morpholine rings is 1. The lowest BCUT2D eigenvalue weighted by atomic mass is 9.95. The van der Waals surface area contributed by atoms with Crippen LogP contribution in [-0.2, 0) is 9.53 Å². The first kappa shape index (κ1) is 17.2. The van der Waals surface area contributed by atoms with Crippen LogP contribution in [0.25, 0.3) is 0 Å². The van der Waals surface area contributed by atoms with Gasteiger partial charge in [0.25, 0.3) is 0 Å². The molecule has 122 valence electrons. The molecule has 2 heterocycles. The van der Waals surface area contributed by atoms with Gasteiger partial charge >= 0.3 is 0 Å². The van der Waals surface area contributed by atoms with Gasteiger partial charge in [-0.2, -0.15) is 0 Å². The highest BCUT2D eigenvalue weighted by Crippen LogP contribution is 2.26. The molecule has 2 atom stereocenters. The molecule has 2 N–H and O–H groups in total. The molecule has 1 aromatic carbocycles. The Kier molecular flexibility index (Phi) is 6.20. The first-order chi connectivity index (χ1) is 10.2. The van der Waals surface area contributed by atoms with E-state index in [-0.39, 0.29) is 24.4 Å². The molecule has 0 bridgehead atoms. The Morgan fingerprint density at radius 3 is 2.55 bits per heavy atom. The molecule has 2 aliphatic heterocycles. The summed E-state index contributed by atoms with van der Waals surface area (Å²) in [5.74, 6) is 0.517. The Morgan fingerprint density at radius 2 is 1.86 bits per heavy atom. The van der Waals surface area contributed by atoms with E-state index in [2.05, 4.69) is 17.0 Å². The van der Waals surface area contributed by atoms with Gasteiger partial charge in [0.2, 0.25) is 5.91 Å². The van der Waals surface area contributed by atoms with Crippen LogP contribution in [0.15, 0.2) is 30.3 Å². The van der Waals surface area contributed by atoms with Gasteiger partial charge in [-0.05, 0) is 5.56 Å². The molecule has 0 unspecified atom stereocenters. The number of ether oxygens (including phenoxy) is 1. The highest BCUT2D eigenvalue weighted by molar-refractivity contribution is 5.85. The molecule has 2 saturated heterocycles. The molecule has 6 heteroatoms. The first-order valence-electron chi connectivity index (χ1n) is 7.62. The summed E-state index contributed by atoms with van der Waals surface area (Å²) in [5, 5.41) is 0. The minimum absolute atomic E-state index is 0. The van der Waals surface area contributed by atoms with Crippen molar-refractivity contribution in [1.82, 2.24) is 9.80 Å². The van der Waals surface area contributed by atoms with Crippen molar-refractivity contribution in [3.05, 3.63) is 35.9 Å². The Labute approximate surface area is 137 Å². The maximum Gasteiger partial charge on any atom is 0.236 e. The summed E-state index contributed by atoms with van der Waals surface area (Å²) in [6.07, 6.45) is 0. The van der Waals surface area contributed by atoms with Gasteiger partial charge in [-0.3, -0.25) is 9.69 Å². The van der Waals surface area contributed by atoms with Crippen LogP contribution in [0.1, 0.15) is 11.5 Å². The molecule has 1 aromatic rings. The van der Waals surface area contributed by atoms with Crippen molar-refractivity contribution in [1.29, 1.82) is 0 Å². The standard InChI is InChI=1S/C16H23N3O2.ClH/c17-15-11-18(10-14(15)13-4-2-1-3-5-13)12-16(20)19-6-8-21-9-7-19;/h1-5,14-15H,6-12,17H2;1H/t14-,15+;/m0./s1. The molecule has 0 aliphatic carbocycles. The van der Waals surface area contributed by atoms with Crippen LogP contribution in [0, 0.1) is 0 Å². The fraction of sp³-hybridized carbons (Fsp3) is 0.562. The Balaban J connectivity index is 0.00000176. The first-order valence-corrected chi connectivity index (χ1v) is 7.62. The van der Waals surface area contributed by atoms with E-state index in [4.69, 9.17) is 10.5 Å². The van der Waals surface area contributed by atoms with Gasteiger partial charge in [-0.15, -0.1) is 12.4 Å². The van der Waals surface area contributed by atoms with Crippen LogP contribution < -0.4 is 5.73 Å². The number of benzene rings is 1. The zero-order valence-electron chi connectivity index (χ0n) is 12.7. The topological polar surface area (TPSA) is 58.8 Å². The molecule has 0 radical (unpaired) electrons. The number of hydrogen-bond acceptors (Lipinski definition) is 4. The summed E-state index contributed by atoms with van der Waals surface area (Å²) in [7, 11) is 0. The Morgan fingerprint density at radius 1 is 1.18 bits per heavy atom. The Bertz CT molecular complexity index is 480. The number of halogens is 1. The minimum atomic E-state index is 0. The number of likely N-dealkylation sites (tertiary alicyclic amines) is 1. The number of amides is 1. The van der Waals surface area contributed by atoms with Crippen LogP contribution in [0.2, 0.25) is 0 Å². The smallest absolute Gasteiger partial charge is 0.236 e. The van der Waals surface area contributed by atoms with Gasteiger partial charge in [0.1, 0.15) is 0 Å². The Hall–Kier alpha value is -1.14.